The Labute approximate surface area is 165 Å². The maximum atomic E-state index is 12.5. The third-order valence-corrected chi connectivity index (χ3v) is 5.22. The van der Waals surface area contributed by atoms with E-state index in [-0.39, 0.29) is 37.6 Å². The highest BCUT2D eigenvalue weighted by molar-refractivity contribution is 6.03. The lowest BCUT2D eigenvalue weighted by molar-refractivity contribution is 0.0981. The van der Waals surface area contributed by atoms with E-state index in [0.29, 0.717) is 22.3 Å². The van der Waals surface area contributed by atoms with Crippen LogP contribution >= 0.6 is 0 Å². The number of aliphatic hydroxyl groups is 4. The van der Waals surface area contributed by atoms with Crippen molar-refractivity contribution in [3.05, 3.63) is 33.4 Å². The Morgan fingerprint density at radius 2 is 0.786 bits per heavy atom. The first kappa shape index (κ1) is 24.0. The zero-order chi connectivity index (χ0) is 21.8. The topological polar surface area (TPSA) is 167 Å². The molecule has 0 spiro atoms. The van der Waals surface area contributed by atoms with Gasteiger partial charge in [0.2, 0.25) is 11.8 Å². The molecule has 0 fully saturated rings. The quantitative estimate of drug-likeness (QED) is 0.332. The molecule has 1 rings (SSSR count). The second-order valence-electron chi connectivity index (χ2n) is 7.47. The van der Waals surface area contributed by atoms with E-state index in [1.165, 1.54) is 0 Å². The molecule has 158 valence electrons. The second kappa shape index (κ2) is 9.97. The Morgan fingerprint density at radius 3 is 0.893 bits per heavy atom. The van der Waals surface area contributed by atoms with Gasteiger partial charge in [0.05, 0.1) is 0 Å². The van der Waals surface area contributed by atoms with Crippen molar-refractivity contribution in [2.75, 3.05) is 26.4 Å². The molecule has 0 aliphatic heterocycles. The molecule has 2 amide bonds. The Balaban J connectivity index is 4.40. The monoisotopic (exact) mass is 396 g/mol. The van der Waals surface area contributed by atoms with Crippen molar-refractivity contribution in [2.24, 2.45) is 11.5 Å². The van der Waals surface area contributed by atoms with Gasteiger partial charge in [0.15, 0.2) is 0 Å². The fraction of sp³-hybridized carbons (Fsp3) is 0.600. The van der Waals surface area contributed by atoms with Gasteiger partial charge < -0.3 is 31.9 Å². The van der Waals surface area contributed by atoms with Crippen LogP contribution in [0.15, 0.2) is 0 Å². The molecule has 0 bridgehead atoms. The molecule has 0 aliphatic rings. The van der Waals surface area contributed by atoms with Gasteiger partial charge in [0.25, 0.3) is 0 Å². The van der Waals surface area contributed by atoms with Crippen molar-refractivity contribution in [3.8, 4) is 0 Å². The lowest BCUT2D eigenvalue weighted by Crippen LogP contribution is -2.30. The molecule has 4 unspecified atom stereocenters. The number of carbonyl (C=O) groups excluding carboxylic acids is 2. The summed E-state index contributed by atoms with van der Waals surface area (Å²) in [6.07, 6.45) is 0. The maximum absolute atomic E-state index is 12.5. The van der Waals surface area contributed by atoms with Gasteiger partial charge >= 0.3 is 0 Å². The van der Waals surface area contributed by atoms with Gasteiger partial charge in [-0.25, -0.2) is 0 Å². The largest absolute Gasteiger partial charge is 0.396 e. The van der Waals surface area contributed by atoms with Crippen molar-refractivity contribution in [2.45, 2.75) is 51.4 Å². The van der Waals surface area contributed by atoms with Crippen LogP contribution in [-0.4, -0.2) is 58.7 Å². The lowest BCUT2D eigenvalue weighted by atomic mass is 9.72. The van der Waals surface area contributed by atoms with Crippen LogP contribution in [0.5, 0.6) is 0 Å². The molecule has 8 heteroatoms. The number of benzene rings is 1. The SMILES string of the molecule is CC(CO)c1c(C(N)=O)c(C(C)CO)c(C(C)CO)c(C(N)=O)c1C(C)CO. The van der Waals surface area contributed by atoms with Crippen molar-refractivity contribution in [3.63, 3.8) is 0 Å². The molecular weight excluding hydrogens is 364 g/mol. The number of carbonyl (C=O) groups is 2. The highest BCUT2D eigenvalue weighted by Gasteiger charge is 2.35. The van der Waals surface area contributed by atoms with Crippen molar-refractivity contribution in [1.82, 2.24) is 0 Å². The first-order chi connectivity index (χ1) is 13.1. The van der Waals surface area contributed by atoms with E-state index in [2.05, 4.69) is 0 Å². The fourth-order valence-electron chi connectivity index (χ4n) is 3.77. The highest BCUT2D eigenvalue weighted by Crippen LogP contribution is 2.42. The first-order valence-electron chi connectivity index (χ1n) is 9.35. The fourth-order valence-corrected chi connectivity index (χ4v) is 3.77. The minimum absolute atomic E-state index is 0.0960. The van der Waals surface area contributed by atoms with E-state index in [1.54, 1.807) is 27.7 Å². The first-order valence-corrected chi connectivity index (χ1v) is 9.35. The summed E-state index contributed by atoms with van der Waals surface area (Å²) in [6, 6.07) is 0. The molecule has 1 aromatic carbocycles. The summed E-state index contributed by atoms with van der Waals surface area (Å²) < 4.78 is 0. The summed E-state index contributed by atoms with van der Waals surface area (Å²) in [5.41, 5.74) is 13.0. The van der Waals surface area contributed by atoms with Crippen LogP contribution in [0, 0.1) is 0 Å². The number of rotatable bonds is 10. The summed E-state index contributed by atoms with van der Waals surface area (Å²) in [5.74, 6) is -3.86. The smallest absolute Gasteiger partial charge is 0.249 e. The summed E-state index contributed by atoms with van der Waals surface area (Å²) in [5, 5.41) is 39.2. The van der Waals surface area contributed by atoms with E-state index in [0.717, 1.165) is 0 Å². The minimum atomic E-state index is -0.778. The molecule has 0 heterocycles. The normalized spacial score (nSPS) is 15.7. The molecular formula is C20H32N2O6. The predicted octanol–water partition coefficient (Wildman–Crippen LogP) is 0.268. The van der Waals surface area contributed by atoms with E-state index >= 15 is 0 Å². The van der Waals surface area contributed by atoms with Gasteiger partial charge in [-0.1, -0.05) is 27.7 Å². The van der Waals surface area contributed by atoms with Gasteiger partial charge in [0.1, 0.15) is 0 Å². The number of hydrogen-bond acceptors (Lipinski definition) is 6. The summed E-state index contributed by atoms with van der Waals surface area (Å²) >= 11 is 0. The zero-order valence-corrected chi connectivity index (χ0v) is 16.9. The second-order valence-corrected chi connectivity index (χ2v) is 7.47. The van der Waals surface area contributed by atoms with E-state index in [1.807, 2.05) is 0 Å². The maximum Gasteiger partial charge on any atom is 0.249 e. The summed E-state index contributed by atoms with van der Waals surface area (Å²) in [7, 11) is 0. The number of amides is 2. The van der Waals surface area contributed by atoms with Crippen LogP contribution in [0.3, 0.4) is 0 Å². The van der Waals surface area contributed by atoms with Gasteiger partial charge in [-0.3, -0.25) is 9.59 Å². The number of primary amides is 2. The molecule has 8 N–H and O–H groups in total. The number of aliphatic hydroxyl groups excluding tert-OH is 4. The summed E-state index contributed by atoms with van der Waals surface area (Å²) in [4.78, 5) is 25.0. The Morgan fingerprint density at radius 1 is 0.607 bits per heavy atom. The van der Waals surface area contributed by atoms with Gasteiger partial charge in [0, 0.05) is 61.2 Å². The highest BCUT2D eigenvalue weighted by atomic mass is 16.3. The van der Waals surface area contributed by atoms with Crippen LogP contribution in [0.2, 0.25) is 0 Å². The van der Waals surface area contributed by atoms with Crippen LogP contribution < -0.4 is 11.5 Å². The molecule has 0 saturated heterocycles. The Hall–Kier alpha value is -2.00. The minimum Gasteiger partial charge on any atom is -0.396 e. The van der Waals surface area contributed by atoms with Crippen LogP contribution in [-0.2, 0) is 0 Å². The standard InChI is InChI=1S/C20H32N2O6/c1-9(5-23)13-14(10(2)6-24)18(20(22)28)16(12(4)8-26)15(11(3)7-25)17(13)19(21)27/h9-12,23-26H,5-8H2,1-4H3,(H2,21,27)(H2,22,28). The lowest BCUT2D eigenvalue weighted by Gasteiger charge is -2.32. The molecule has 0 aliphatic carbocycles. The van der Waals surface area contributed by atoms with Crippen LogP contribution in [0.1, 0.15) is 94.3 Å². The third-order valence-electron chi connectivity index (χ3n) is 5.22. The van der Waals surface area contributed by atoms with E-state index in [4.69, 9.17) is 11.5 Å². The summed E-state index contributed by atoms with van der Waals surface area (Å²) in [6.45, 7) is 5.37. The average molecular weight is 396 g/mol. The van der Waals surface area contributed by atoms with E-state index in [9.17, 15) is 30.0 Å². The molecule has 0 saturated carbocycles. The zero-order valence-electron chi connectivity index (χ0n) is 16.9. The molecule has 8 nitrogen and oxygen atoms in total. The molecule has 28 heavy (non-hydrogen) atoms. The van der Waals surface area contributed by atoms with Crippen molar-refractivity contribution >= 4 is 11.8 Å². The number of hydrogen-bond donors (Lipinski definition) is 6. The molecule has 1 aromatic rings. The van der Waals surface area contributed by atoms with Crippen LogP contribution in [0.25, 0.3) is 0 Å². The predicted molar refractivity (Wildman–Crippen MR) is 105 cm³/mol. The molecule has 4 atom stereocenters. The van der Waals surface area contributed by atoms with Gasteiger partial charge in [-0.15, -0.1) is 0 Å². The van der Waals surface area contributed by atoms with Crippen LogP contribution in [0.4, 0.5) is 0 Å². The Kier molecular flexibility index (Phi) is 8.56. The van der Waals surface area contributed by atoms with Crippen molar-refractivity contribution < 1.29 is 30.0 Å². The average Bonchev–Trinajstić information content (AvgIpc) is 2.68. The van der Waals surface area contributed by atoms with Gasteiger partial charge in [-0.2, -0.15) is 0 Å². The molecule has 0 radical (unpaired) electrons. The Bertz CT molecular complexity index is 628. The molecule has 0 aromatic heterocycles. The third kappa shape index (κ3) is 4.35. The number of nitrogens with two attached hydrogens (primary N) is 2. The van der Waals surface area contributed by atoms with E-state index < -0.39 is 35.5 Å². The van der Waals surface area contributed by atoms with Crippen molar-refractivity contribution in [1.29, 1.82) is 0 Å². The van der Waals surface area contributed by atoms with Gasteiger partial charge in [-0.05, 0) is 22.3 Å².